The molecule has 4 aliphatic rings. The Bertz CT molecular complexity index is 786. The third-order valence-corrected chi connectivity index (χ3v) is 7.34. The highest BCUT2D eigenvalue weighted by atomic mass is 16.7. The van der Waals surface area contributed by atoms with Gasteiger partial charge in [0.25, 0.3) is 0 Å². The molecular weight excluding hydrogens is 376 g/mol. The van der Waals surface area contributed by atoms with Crippen molar-refractivity contribution in [2.45, 2.75) is 84.4 Å². The van der Waals surface area contributed by atoms with Gasteiger partial charge in [0.05, 0.1) is 17.8 Å². The lowest BCUT2D eigenvalue weighted by Gasteiger charge is -2.31. The summed E-state index contributed by atoms with van der Waals surface area (Å²) in [6.07, 6.45) is -0.443. The molecule has 7 heteroatoms. The average Bonchev–Trinajstić information content (AvgIpc) is 3.19. The number of hydrogen-bond donors (Lipinski definition) is 0. The van der Waals surface area contributed by atoms with Crippen LogP contribution in [0, 0.1) is 23.7 Å². The Hall–Kier alpha value is -1.89. The van der Waals surface area contributed by atoms with Crippen molar-refractivity contribution in [2.75, 3.05) is 0 Å². The molecular formula is C22H30O7. The number of hydrogen-bond acceptors (Lipinski definition) is 7. The van der Waals surface area contributed by atoms with E-state index in [9.17, 15) is 14.4 Å². The molecule has 29 heavy (non-hydrogen) atoms. The van der Waals surface area contributed by atoms with Gasteiger partial charge in [0.15, 0.2) is 6.10 Å². The first-order chi connectivity index (χ1) is 13.6. The van der Waals surface area contributed by atoms with E-state index in [0.29, 0.717) is 12.8 Å². The summed E-state index contributed by atoms with van der Waals surface area (Å²) in [5.41, 5.74) is 1.46. The summed E-state index contributed by atoms with van der Waals surface area (Å²) in [5, 5.41) is 0. The molecule has 0 aromatic heterocycles. The van der Waals surface area contributed by atoms with Crippen molar-refractivity contribution in [2.24, 2.45) is 23.7 Å². The molecule has 2 heterocycles. The van der Waals surface area contributed by atoms with Gasteiger partial charge >= 0.3 is 17.9 Å². The fraction of sp³-hybridized carbons (Fsp3) is 0.773. The first kappa shape index (κ1) is 20.4. The molecule has 3 fully saturated rings. The normalized spacial score (nSPS) is 43.5. The van der Waals surface area contributed by atoms with E-state index >= 15 is 0 Å². The third-order valence-electron chi connectivity index (χ3n) is 7.34. The van der Waals surface area contributed by atoms with Crippen LogP contribution in [-0.4, -0.2) is 47.9 Å². The second kappa shape index (κ2) is 6.83. The summed E-state index contributed by atoms with van der Waals surface area (Å²) in [5.74, 6) is -1.94. The van der Waals surface area contributed by atoms with Crippen molar-refractivity contribution in [3.8, 4) is 0 Å². The fourth-order valence-corrected chi connectivity index (χ4v) is 5.52. The van der Waals surface area contributed by atoms with Crippen molar-refractivity contribution in [3.05, 3.63) is 11.1 Å². The SMILES string of the molecule is CCC(C)C(=O)O[C@H]1C2=C(C)C[C@@H](OC(C)=O)[C@@H]3[C@H](OC(=O)[C@@H]3C)C2[C@]2(C)O[C@H]12. The van der Waals surface area contributed by atoms with E-state index < -0.39 is 23.9 Å². The predicted molar refractivity (Wildman–Crippen MR) is 102 cm³/mol. The lowest BCUT2D eigenvalue weighted by atomic mass is 9.78. The van der Waals surface area contributed by atoms with Crippen LogP contribution in [0.3, 0.4) is 0 Å². The Kier molecular flexibility index (Phi) is 4.80. The number of rotatable bonds is 4. The Balaban J connectivity index is 1.74. The minimum absolute atomic E-state index is 0.198. The molecule has 160 valence electrons. The molecule has 9 atom stereocenters. The van der Waals surface area contributed by atoms with E-state index in [1.54, 1.807) is 0 Å². The van der Waals surface area contributed by atoms with Crippen molar-refractivity contribution in [3.63, 3.8) is 0 Å². The van der Waals surface area contributed by atoms with Crippen LogP contribution in [0.25, 0.3) is 0 Å². The topological polar surface area (TPSA) is 91.4 Å². The largest absolute Gasteiger partial charge is 0.462 e. The van der Waals surface area contributed by atoms with Crippen LogP contribution >= 0.6 is 0 Å². The number of carbonyl (C=O) groups excluding carboxylic acids is 3. The van der Waals surface area contributed by atoms with Gasteiger partial charge in [-0.15, -0.1) is 0 Å². The van der Waals surface area contributed by atoms with Crippen molar-refractivity contribution < 1.29 is 33.3 Å². The van der Waals surface area contributed by atoms with E-state index in [0.717, 1.165) is 11.1 Å². The highest BCUT2D eigenvalue weighted by Crippen LogP contribution is 2.63. The smallest absolute Gasteiger partial charge is 0.309 e. The number of esters is 3. The molecule has 7 nitrogen and oxygen atoms in total. The van der Waals surface area contributed by atoms with Gasteiger partial charge in [-0.1, -0.05) is 26.3 Å². The zero-order chi connectivity index (χ0) is 21.2. The maximum Gasteiger partial charge on any atom is 0.309 e. The van der Waals surface area contributed by atoms with Gasteiger partial charge < -0.3 is 18.9 Å². The maximum atomic E-state index is 12.6. The number of epoxide rings is 1. The molecule has 0 amide bonds. The highest BCUT2D eigenvalue weighted by molar-refractivity contribution is 5.76. The van der Waals surface area contributed by atoms with Crippen LogP contribution in [0.1, 0.15) is 54.4 Å². The lowest BCUT2D eigenvalue weighted by Crippen LogP contribution is -2.41. The Morgan fingerprint density at radius 1 is 1.31 bits per heavy atom. The molecule has 0 aromatic carbocycles. The van der Waals surface area contributed by atoms with Crippen LogP contribution in [0.4, 0.5) is 0 Å². The van der Waals surface area contributed by atoms with Crippen molar-refractivity contribution >= 4 is 17.9 Å². The van der Waals surface area contributed by atoms with Gasteiger partial charge in [-0.2, -0.15) is 0 Å². The summed E-state index contributed by atoms with van der Waals surface area (Å²) in [7, 11) is 0. The third kappa shape index (κ3) is 3.00. The van der Waals surface area contributed by atoms with E-state index in [4.69, 9.17) is 18.9 Å². The molecule has 2 aliphatic heterocycles. The summed E-state index contributed by atoms with van der Waals surface area (Å²) >= 11 is 0. The Labute approximate surface area is 171 Å². The van der Waals surface area contributed by atoms with Crippen LogP contribution in [0.5, 0.6) is 0 Å². The standard InChI is InChI=1S/C22H30O7/c1-7-9(2)20(24)28-18-14-10(3)8-13(26-12(5)23)15-11(4)21(25)27-17(15)16(14)22(6)19(18)29-22/h9,11,13,15-19H,7-8H2,1-6H3/t9?,11-,13-,15-,16?,17+,18+,19-,22+/m1/s1. The van der Waals surface area contributed by atoms with Gasteiger partial charge in [0.1, 0.15) is 23.9 Å². The second-order valence-corrected chi connectivity index (χ2v) is 9.22. The molecule has 0 bridgehead atoms. The Morgan fingerprint density at radius 2 is 2.00 bits per heavy atom. The molecule has 0 N–H and O–H groups in total. The zero-order valence-electron chi connectivity index (χ0n) is 17.9. The molecule has 2 saturated heterocycles. The zero-order valence-corrected chi connectivity index (χ0v) is 17.9. The van der Waals surface area contributed by atoms with E-state index in [1.165, 1.54) is 6.92 Å². The number of fused-ring (bicyclic) bond motifs is 5. The molecule has 2 aliphatic carbocycles. The van der Waals surface area contributed by atoms with Crippen LogP contribution in [0.15, 0.2) is 11.1 Å². The maximum absolute atomic E-state index is 12.6. The monoisotopic (exact) mass is 406 g/mol. The first-order valence-electron chi connectivity index (χ1n) is 10.6. The summed E-state index contributed by atoms with van der Waals surface area (Å²) in [6.45, 7) is 11.0. The quantitative estimate of drug-likeness (QED) is 0.307. The number of carbonyl (C=O) groups is 3. The van der Waals surface area contributed by atoms with Crippen LogP contribution in [0.2, 0.25) is 0 Å². The first-order valence-corrected chi connectivity index (χ1v) is 10.6. The van der Waals surface area contributed by atoms with Crippen LogP contribution < -0.4 is 0 Å². The van der Waals surface area contributed by atoms with Crippen molar-refractivity contribution in [1.29, 1.82) is 0 Å². The molecule has 0 spiro atoms. The summed E-state index contributed by atoms with van der Waals surface area (Å²) in [6, 6.07) is 0. The van der Waals surface area contributed by atoms with Gasteiger partial charge in [-0.05, 0) is 25.8 Å². The molecule has 0 aromatic rings. The fourth-order valence-electron chi connectivity index (χ4n) is 5.52. The minimum Gasteiger partial charge on any atom is -0.462 e. The lowest BCUT2D eigenvalue weighted by molar-refractivity contribution is -0.154. The summed E-state index contributed by atoms with van der Waals surface area (Å²) in [4.78, 5) is 36.8. The molecule has 4 rings (SSSR count). The van der Waals surface area contributed by atoms with Gasteiger partial charge in [0, 0.05) is 19.3 Å². The number of ether oxygens (including phenoxy) is 4. The van der Waals surface area contributed by atoms with E-state index in [1.807, 2.05) is 34.6 Å². The van der Waals surface area contributed by atoms with E-state index in [2.05, 4.69) is 0 Å². The van der Waals surface area contributed by atoms with Gasteiger partial charge in [-0.25, -0.2) is 0 Å². The predicted octanol–water partition coefficient (Wildman–Crippen LogP) is 2.56. The van der Waals surface area contributed by atoms with Crippen molar-refractivity contribution in [1.82, 2.24) is 0 Å². The molecule has 0 radical (unpaired) electrons. The van der Waals surface area contributed by atoms with E-state index in [-0.39, 0.29) is 47.7 Å². The van der Waals surface area contributed by atoms with Gasteiger partial charge in [0.2, 0.25) is 0 Å². The second-order valence-electron chi connectivity index (χ2n) is 9.22. The Morgan fingerprint density at radius 3 is 2.62 bits per heavy atom. The molecule has 1 saturated carbocycles. The van der Waals surface area contributed by atoms with Crippen LogP contribution in [-0.2, 0) is 33.3 Å². The minimum atomic E-state index is -0.546. The summed E-state index contributed by atoms with van der Waals surface area (Å²) < 4.78 is 23.4. The van der Waals surface area contributed by atoms with Gasteiger partial charge in [-0.3, -0.25) is 14.4 Å². The molecule has 2 unspecified atom stereocenters. The highest BCUT2D eigenvalue weighted by Gasteiger charge is 2.75. The average molecular weight is 406 g/mol.